The molecular weight excluding hydrogens is 490 g/mol. The Bertz CT molecular complexity index is 1190. The van der Waals surface area contributed by atoms with Gasteiger partial charge in [0.2, 0.25) is 0 Å². The summed E-state index contributed by atoms with van der Waals surface area (Å²) in [7, 11) is 1.41. The van der Waals surface area contributed by atoms with Gasteiger partial charge < -0.3 is 22.1 Å². The fourth-order valence-corrected chi connectivity index (χ4v) is 3.66. The molecule has 8 nitrogen and oxygen atoms in total. The Labute approximate surface area is 228 Å². The SMILES string of the molecule is CN1C=CC(=O)C(NC(=O)NC(CC(=O)O)c2cccc(Cc3ccccc3C(F)(F)F)c2)C1=O.[H-].[Na+]. The van der Waals surface area contributed by atoms with Crippen LogP contribution in [-0.4, -0.2) is 46.8 Å². The summed E-state index contributed by atoms with van der Waals surface area (Å²) in [5.74, 6) is -2.54. The Morgan fingerprint density at radius 3 is 2.50 bits per heavy atom. The van der Waals surface area contributed by atoms with Crippen LogP contribution in [0.4, 0.5) is 18.0 Å². The van der Waals surface area contributed by atoms with E-state index in [0.717, 1.165) is 17.0 Å². The summed E-state index contributed by atoms with van der Waals surface area (Å²) in [6, 6.07) is 7.83. The maximum absolute atomic E-state index is 13.3. The third-order valence-corrected chi connectivity index (χ3v) is 5.37. The zero-order valence-corrected chi connectivity index (χ0v) is 21.5. The van der Waals surface area contributed by atoms with Crippen LogP contribution in [0.15, 0.2) is 60.8 Å². The molecular formula is C24H23F3N3NaO5. The van der Waals surface area contributed by atoms with E-state index in [4.69, 9.17) is 0 Å². The van der Waals surface area contributed by atoms with Crippen LogP contribution in [0, 0.1) is 0 Å². The molecule has 2 unspecified atom stereocenters. The summed E-state index contributed by atoms with van der Waals surface area (Å²) < 4.78 is 40.0. The van der Waals surface area contributed by atoms with Gasteiger partial charge in [0.05, 0.1) is 18.0 Å². The van der Waals surface area contributed by atoms with Crippen molar-refractivity contribution < 1.29 is 68.4 Å². The number of carbonyl (C=O) groups excluding carboxylic acids is 3. The number of aliphatic carboxylic acids is 1. The number of hydrogen-bond donors (Lipinski definition) is 3. The Morgan fingerprint density at radius 1 is 1.14 bits per heavy atom. The summed E-state index contributed by atoms with van der Waals surface area (Å²) in [6.07, 6.45) is -2.75. The van der Waals surface area contributed by atoms with Crippen molar-refractivity contribution in [2.45, 2.75) is 31.1 Å². The van der Waals surface area contributed by atoms with Crippen molar-refractivity contribution in [1.29, 1.82) is 0 Å². The summed E-state index contributed by atoms with van der Waals surface area (Å²) >= 11 is 0. The number of nitrogens with one attached hydrogen (secondary N) is 2. The predicted octanol–water partition coefficient (Wildman–Crippen LogP) is 0.151. The van der Waals surface area contributed by atoms with Gasteiger partial charge in [0.15, 0.2) is 11.8 Å². The number of halogens is 3. The van der Waals surface area contributed by atoms with E-state index >= 15 is 0 Å². The van der Waals surface area contributed by atoms with Crippen LogP contribution >= 0.6 is 0 Å². The molecule has 0 aliphatic carbocycles. The molecule has 186 valence electrons. The predicted molar refractivity (Wildman–Crippen MR) is 119 cm³/mol. The van der Waals surface area contributed by atoms with Gasteiger partial charge in [-0.2, -0.15) is 13.2 Å². The van der Waals surface area contributed by atoms with Gasteiger partial charge >= 0.3 is 47.7 Å². The van der Waals surface area contributed by atoms with E-state index < -0.39 is 53.9 Å². The van der Waals surface area contributed by atoms with E-state index in [1.807, 2.05) is 0 Å². The van der Waals surface area contributed by atoms with E-state index in [0.29, 0.717) is 11.1 Å². The fourth-order valence-electron chi connectivity index (χ4n) is 3.66. The molecule has 0 bridgehead atoms. The van der Waals surface area contributed by atoms with Crippen molar-refractivity contribution in [3.63, 3.8) is 0 Å². The minimum Gasteiger partial charge on any atom is -1.00 e. The number of urea groups is 1. The van der Waals surface area contributed by atoms with E-state index in [2.05, 4.69) is 10.6 Å². The number of likely N-dealkylation sites (N-methyl/N-ethyl adjacent to an activating group) is 1. The first kappa shape index (κ1) is 29.1. The molecule has 3 amide bonds. The number of carbonyl (C=O) groups is 4. The zero-order valence-electron chi connectivity index (χ0n) is 20.5. The molecule has 0 radical (unpaired) electrons. The van der Waals surface area contributed by atoms with Crippen LogP contribution in [0.25, 0.3) is 0 Å². The molecule has 1 aliphatic heterocycles. The molecule has 0 saturated heterocycles. The number of amides is 3. The van der Waals surface area contributed by atoms with Gasteiger partial charge in [-0.05, 0) is 29.2 Å². The Hall–Kier alpha value is -3.15. The first-order valence-corrected chi connectivity index (χ1v) is 10.5. The van der Waals surface area contributed by atoms with Crippen molar-refractivity contribution >= 4 is 23.7 Å². The van der Waals surface area contributed by atoms with Crippen molar-refractivity contribution in [3.8, 4) is 0 Å². The van der Waals surface area contributed by atoms with Gasteiger partial charge in [0, 0.05) is 19.3 Å². The minimum absolute atomic E-state index is 0. The fraction of sp³-hybridized carbons (Fsp3) is 0.250. The number of rotatable bonds is 7. The summed E-state index contributed by atoms with van der Waals surface area (Å²) in [5, 5.41) is 14.0. The normalized spacial score (nSPS) is 16.2. The van der Waals surface area contributed by atoms with Crippen LogP contribution < -0.4 is 40.2 Å². The maximum Gasteiger partial charge on any atom is 1.00 e. The molecule has 2 aromatic carbocycles. The van der Waals surface area contributed by atoms with Gasteiger partial charge in [-0.1, -0.05) is 42.5 Å². The number of alkyl halides is 3. The van der Waals surface area contributed by atoms with Gasteiger partial charge in [-0.3, -0.25) is 14.4 Å². The summed E-state index contributed by atoms with van der Waals surface area (Å²) in [6.45, 7) is 0. The van der Waals surface area contributed by atoms with E-state index in [1.165, 1.54) is 43.6 Å². The standard InChI is InChI=1S/C24H22F3N3O5.Na.H/c1-30-10-9-19(31)21(22(30)34)29-23(35)28-18(13-20(32)33)16-7-4-5-14(12-16)11-15-6-2-3-8-17(15)24(25,26)27;;/h2-10,12,18,21H,11,13H2,1H3,(H,32,33)(H2,28,29,35);;/q;+1;-1. The maximum atomic E-state index is 13.3. The molecule has 0 saturated carbocycles. The molecule has 12 heteroatoms. The topological polar surface area (TPSA) is 116 Å². The van der Waals surface area contributed by atoms with Crippen molar-refractivity contribution in [1.82, 2.24) is 15.5 Å². The van der Waals surface area contributed by atoms with Crippen LogP contribution in [0.3, 0.4) is 0 Å². The Balaban J connectivity index is 0.00000342. The number of hydrogen-bond acceptors (Lipinski definition) is 4. The number of ketones is 1. The van der Waals surface area contributed by atoms with E-state index in [-0.39, 0.29) is 43.0 Å². The largest absolute Gasteiger partial charge is 1.00 e. The third-order valence-electron chi connectivity index (χ3n) is 5.37. The molecule has 3 N–H and O–H groups in total. The van der Waals surface area contributed by atoms with Gasteiger partial charge in [0.25, 0.3) is 5.91 Å². The molecule has 1 aliphatic rings. The second-order valence-corrected chi connectivity index (χ2v) is 7.95. The molecule has 36 heavy (non-hydrogen) atoms. The molecule has 2 atom stereocenters. The molecule has 0 aromatic heterocycles. The van der Waals surface area contributed by atoms with Crippen molar-refractivity contribution in [2.24, 2.45) is 0 Å². The number of benzene rings is 2. The molecule has 2 aromatic rings. The van der Waals surface area contributed by atoms with Crippen LogP contribution in [0.2, 0.25) is 0 Å². The molecule has 0 fully saturated rings. The first-order valence-electron chi connectivity index (χ1n) is 10.5. The Kier molecular flexibility index (Phi) is 9.85. The summed E-state index contributed by atoms with van der Waals surface area (Å²) in [5.41, 5.74) is 0.0824. The summed E-state index contributed by atoms with van der Waals surface area (Å²) in [4.78, 5) is 49.2. The molecule has 1 heterocycles. The van der Waals surface area contributed by atoms with E-state index in [9.17, 15) is 37.5 Å². The first-order chi connectivity index (χ1) is 16.5. The third kappa shape index (κ3) is 7.42. The van der Waals surface area contributed by atoms with Crippen LogP contribution in [-0.2, 0) is 27.0 Å². The van der Waals surface area contributed by atoms with Gasteiger partial charge in [-0.15, -0.1) is 0 Å². The zero-order chi connectivity index (χ0) is 25.8. The van der Waals surface area contributed by atoms with Gasteiger partial charge in [0.1, 0.15) is 0 Å². The van der Waals surface area contributed by atoms with Crippen molar-refractivity contribution in [2.75, 3.05) is 7.05 Å². The second-order valence-electron chi connectivity index (χ2n) is 7.95. The smallest absolute Gasteiger partial charge is 1.00 e. The molecule has 0 spiro atoms. The second kappa shape index (κ2) is 12.2. The number of carboxylic acid groups (broad SMARTS) is 1. The quantitative estimate of drug-likeness (QED) is 0.360. The molecule has 3 rings (SSSR count). The monoisotopic (exact) mass is 513 g/mol. The number of carboxylic acids is 1. The average molecular weight is 513 g/mol. The van der Waals surface area contributed by atoms with Gasteiger partial charge in [-0.25, -0.2) is 4.79 Å². The minimum atomic E-state index is -4.53. The van der Waals surface area contributed by atoms with Crippen LogP contribution in [0.1, 0.15) is 36.1 Å². The average Bonchev–Trinajstić information content (AvgIpc) is 2.78. The van der Waals surface area contributed by atoms with Crippen LogP contribution in [0.5, 0.6) is 0 Å². The Morgan fingerprint density at radius 2 is 1.83 bits per heavy atom. The van der Waals surface area contributed by atoms with Crippen molar-refractivity contribution in [3.05, 3.63) is 83.1 Å². The van der Waals surface area contributed by atoms with E-state index in [1.54, 1.807) is 12.1 Å². The number of nitrogens with zero attached hydrogens (tertiary/aromatic N) is 1.